The number of hydrogen-bond donors (Lipinski definition) is 2. The molecule has 0 atom stereocenters. The van der Waals surface area contributed by atoms with Gasteiger partial charge in [0.05, 0.1) is 24.3 Å². The minimum absolute atomic E-state index is 0.242. The number of carbonyl (C=O) groups excluding carboxylic acids is 1. The number of fused-ring (bicyclic) bond motifs is 3. The van der Waals surface area contributed by atoms with Crippen molar-refractivity contribution in [2.24, 2.45) is 0 Å². The second kappa shape index (κ2) is 10.1. The van der Waals surface area contributed by atoms with Gasteiger partial charge < -0.3 is 19.0 Å². The lowest BCUT2D eigenvalue weighted by Gasteiger charge is -2.09. The molecule has 0 fully saturated rings. The highest BCUT2D eigenvalue weighted by Crippen LogP contribution is 2.26. The fraction of sp³-hybridized carbons (Fsp3) is 0.143. The highest BCUT2D eigenvalue weighted by molar-refractivity contribution is 6.00. The van der Waals surface area contributed by atoms with E-state index in [0.717, 1.165) is 24.8 Å². The second-order valence-electron chi connectivity index (χ2n) is 8.78. The topological polar surface area (TPSA) is 112 Å². The van der Waals surface area contributed by atoms with Crippen molar-refractivity contribution in [3.8, 4) is 17.3 Å². The van der Waals surface area contributed by atoms with E-state index < -0.39 is 6.03 Å². The zero-order valence-electron chi connectivity index (χ0n) is 20.7. The molecule has 4 aromatic heterocycles. The molecular weight excluding hydrogens is 482 g/mol. The summed E-state index contributed by atoms with van der Waals surface area (Å²) in [7, 11) is 1.59. The van der Waals surface area contributed by atoms with Gasteiger partial charge in [-0.1, -0.05) is 30.3 Å². The first-order valence-corrected chi connectivity index (χ1v) is 12.2. The minimum atomic E-state index is -0.458. The third-order valence-electron chi connectivity index (χ3n) is 6.17. The number of nitrogens with zero attached hydrogens (tertiary/aromatic N) is 5. The molecule has 190 valence electrons. The van der Waals surface area contributed by atoms with Crippen LogP contribution >= 0.6 is 0 Å². The Morgan fingerprint density at radius 2 is 1.82 bits per heavy atom. The van der Waals surface area contributed by atoms with Crippen LogP contribution < -0.4 is 15.4 Å². The maximum atomic E-state index is 12.9. The summed E-state index contributed by atoms with van der Waals surface area (Å²) >= 11 is 0. The molecule has 6 aromatic rings. The number of urea groups is 1. The minimum Gasteiger partial charge on any atom is -0.497 e. The van der Waals surface area contributed by atoms with Crippen molar-refractivity contribution in [2.45, 2.75) is 19.4 Å². The first-order chi connectivity index (χ1) is 18.7. The Hall–Kier alpha value is -5.12. The highest BCUT2D eigenvalue weighted by Gasteiger charge is 2.18. The average Bonchev–Trinajstić information content (AvgIpc) is 3.69. The number of ether oxygens (including phenoxy) is 1. The van der Waals surface area contributed by atoms with Gasteiger partial charge in [-0.15, -0.1) is 5.10 Å². The Morgan fingerprint density at radius 3 is 2.58 bits per heavy atom. The van der Waals surface area contributed by atoms with E-state index in [2.05, 4.69) is 44.6 Å². The van der Waals surface area contributed by atoms with Crippen LogP contribution in [0.1, 0.15) is 12.0 Å². The number of aromatic nitrogens is 5. The van der Waals surface area contributed by atoms with E-state index in [9.17, 15) is 4.79 Å². The van der Waals surface area contributed by atoms with Crippen molar-refractivity contribution < 1.29 is 13.9 Å². The van der Waals surface area contributed by atoms with Crippen LogP contribution in [0, 0.1) is 0 Å². The highest BCUT2D eigenvalue weighted by atomic mass is 16.5. The number of methoxy groups -OCH3 is 1. The van der Waals surface area contributed by atoms with E-state index in [1.807, 2.05) is 18.5 Å². The number of anilines is 2. The molecule has 6 rings (SSSR count). The molecule has 0 saturated carbocycles. The quantitative estimate of drug-likeness (QED) is 0.276. The Morgan fingerprint density at radius 1 is 0.974 bits per heavy atom. The molecule has 2 amide bonds. The van der Waals surface area contributed by atoms with Crippen molar-refractivity contribution in [1.82, 2.24) is 24.1 Å². The van der Waals surface area contributed by atoms with Gasteiger partial charge in [-0.2, -0.15) is 4.52 Å². The molecule has 0 unspecified atom stereocenters. The normalized spacial score (nSPS) is 11.2. The largest absolute Gasteiger partial charge is 0.497 e. The maximum Gasteiger partial charge on any atom is 0.326 e. The lowest BCUT2D eigenvalue weighted by atomic mass is 10.1. The van der Waals surface area contributed by atoms with Crippen molar-refractivity contribution in [3.63, 3.8) is 0 Å². The molecule has 38 heavy (non-hydrogen) atoms. The van der Waals surface area contributed by atoms with Gasteiger partial charge in [-0.3, -0.25) is 5.32 Å². The monoisotopic (exact) mass is 507 g/mol. The van der Waals surface area contributed by atoms with E-state index in [1.54, 1.807) is 49.8 Å². The Bertz CT molecular complexity index is 1690. The van der Waals surface area contributed by atoms with E-state index in [4.69, 9.17) is 19.1 Å². The van der Waals surface area contributed by atoms with E-state index in [0.29, 0.717) is 34.2 Å². The maximum absolute atomic E-state index is 12.9. The molecule has 2 aromatic carbocycles. The molecular formula is C28H25N7O3. The zero-order valence-corrected chi connectivity index (χ0v) is 20.7. The predicted molar refractivity (Wildman–Crippen MR) is 144 cm³/mol. The molecule has 0 saturated heterocycles. The molecule has 0 aliphatic heterocycles. The third-order valence-corrected chi connectivity index (χ3v) is 6.17. The predicted octanol–water partition coefficient (Wildman–Crippen LogP) is 5.62. The molecule has 0 radical (unpaired) electrons. The van der Waals surface area contributed by atoms with Crippen LogP contribution in [-0.4, -0.2) is 37.3 Å². The van der Waals surface area contributed by atoms with Gasteiger partial charge in [0, 0.05) is 24.6 Å². The number of hydrogen-bond acceptors (Lipinski definition) is 6. The van der Waals surface area contributed by atoms with Crippen molar-refractivity contribution in [2.75, 3.05) is 17.7 Å². The first-order valence-electron chi connectivity index (χ1n) is 12.2. The molecule has 10 heteroatoms. The zero-order chi connectivity index (χ0) is 25.9. The summed E-state index contributed by atoms with van der Waals surface area (Å²) in [4.78, 5) is 22.3. The smallest absolute Gasteiger partial charge is 0.326 e. The number of furan rings is 1. The molecule has 4 heterocycles. The fourth-order valence-corrected chi connectivity index (χ4v) is 4.32. The van der Waals surface area contributed by atoms with E-state index >= 15 is 0 Å². The molecule has 0 spiro atoms. The summed E-state index contributed by atoms with van der Waals surface area (Å²) in [6.07, 6.45) is 7.50. The lowest BCUT2D eigenvalue weighted by molar-refractivity contribution is 0.262. The number of aryl methyl sites for hydroxylation is 2. The van der Waals surface area contributed by atoms with Crippen LogP contribution in [0.15, 0.2) is 89.8 Å². The molecule has 0 bridgehead atoms. The number of amides is 2. The second-order valence-corrected chi connectivity index (χ2v) is 8.78. The summed E-state index contributed by atoms with van der Waals surface area (Å²) in [5, 5.41) is 11.0. The fourth-order valence-electron chi connectivity index (χ4n) is 4.32. The molecule has 0 aliphatic rings. The Labute approximate surface area is 217 Å². The number of benzene rings is 2. The van der Waals surface area contributed by atoms with Crippen LogP contribution in [0.4, 0.5) is 16.4 Å². The van der Waals surface area contributed by atoms with Gasteiger partial charge in [-0.25, -0.2) is 14.8 Å². The van der Waals surface area contributed by atoms with Gasteiger partial charge in [0.15, 0.2) is 11.4 Å². The third kappa shape index (κ3) is 4.79. The first kappa shape index (κ1) is 23.3. The van der Waals surface area contributed by atoms with Crippen molar-refractivity contribution in [3.05, 3.63) is 91.0 Å². The summed E-state index contributed by atoms with van der Waals surface area (Å²) in [5.41, 5.74) is 3.19. The van der Waals surface area contributed by atoms with Crippen LogP contribution in [0.25, 0.3) is 28.1 Å². The Kier molecular flexibility index (Phi) is 6.19. The van der Waals surface area contributed by atoms with Gasteiger partial charge in [-0.05, 0) is 54.8 Å². The van der Waals surface area contributed by atoms with E-state index in [-0.39, 0.29) is 5.95 Å². The Balaban J connectivity index is 1.30. The lowest BCUT2D eigenvalue weighted by Crippen LogP contribution is -2.22. The molecule has 10 nitrogen and oxygen atoms in total. The number of rotatable bonds is 8. The average molecular weight is 508 g/mol. The van der Waals surface area contributed by atoms with Gasteiger partial charge in [0.2, 0.25) is 11.8 Å². The van der Waals surface area contributed by atoms with Gasteiger partial charge in [0.1, 0.15) is 5.75 Å². The number of carbonyl (C=O) groups is 1. The van der Waals surface area contributed by atoms with Crippen LogP contribution in [0.3, 0.4) is 0 Å². The number of nitrogens with one attached hydrogen (secondary N) is 2. The summed E-state index contributed by atoms with van der Waals surface area (Å²) < 4.78 is 14.3. The van der Waals surface area contributed by atoms with Crippen LogP contribution in [-0.2, 0) is 13.0 Å². The SMILES string of the molecule is COc1ccc(NC(=O)Nc2nc3cn(CCCc4ccccc4)cc3c3nc(-c4ccco4)nn23)cc1. The van der Waals surface area contributed by atoms with Crippen molar-refractivity contribution in [1.29, 1.82) is 0 Å². The summed E-state index contributed by atoms with van der Waals surface area (Å²) in [6.45, 7) is 0.817. The van der Waals surface area contributed by atoms with Gasteiger partial charge in [0.25, 0.3) is 0 Å². The molecule has 2 N–H and O–H groups in total. The standard InChI is InChI=1S/C28H25N7O3/c1-37-21-13-11-20(12-14-21)29-28(36)32-27-30-23-18-34(15-5-9-19-7-3-2-4-8-19)17-22(23)26-31-25(33-35(26)27)24-10-6-16-38-24/h2-4,6-8,10-14,16-18H,5,9,15H2,1H3,(H2,29,30,32,36). The van der Waals surface area contributed by atoms with E-state index in [1.165, 1.54) is 10.1 Å². The summed E-state index contributed by atoms with van der Waals surface area (Å²) in [6, 6.07) is 20.6. The van der Waals surface area contributed by atoms with Gasteiger partial charge >= 0.3 is 6.03 Å². The van der Waals surface area contributed by atoms with Crippen LogP contribution in [0.2, 0.25) is 0 Å². The summed E-state index contributed by atoms with van der Waals surface area (Å²) in [5.74, 6) is 1.87. The van der Waals surface area contributed by atoms with Crippen molar-refractivity contribution >= 4 is 34.2 Å². The molecule has 0 aliphatic carbocycles. The van der Waals surface area contributed by atoms with Crippen LogP contribution in [0.5, 0.6) is 5.75 Å².